The largest absolute Gasteiger partial charge is 0.489 e. The molecule has 0 radical (unpaired) electrons. The van der Waals surface area contributed by atoms with Gasteiger partial charge in [0.25, 0.3) is 0 Å². The molecule has 1 aromatic carbocycles. The number of rotatable bonds is 7. The molecule has 1 aromatic rings. The maximum absolute atomic E-state index is 10.8. The molecule has 3 rings (SSSR count). The quantitative estimate of drug-likeness (QED) is 0.241. The van der Waals surface area contributed by atoms with Crippen LogP contribution in [0.25, 0.3) is 6.08 Å². The number of hydrogen-bond acceptors (Lipinski definition) is 3. The lowest BCUT2D eigenvalue weighted by atomic mass is 9.86. The predicted octanol–water partition coefficient (Wildman–Crippen LogP) is 4.81. The number of halogens is 1. The third-order valence-electron chi connectivity index (χ3n) is 5.57. The summed E-state index contributed by atoms with van der Waals surface area (Å²) in [6.45, 7) is 2.20. The Labute approximate surface area is 186 Å². The van der Waals surface area contributed by atoms with E-state index in [1.807, 2.05) is 18.2 Å². The van der Waals surface area contributed by atoms with Gasteiger partial charge < -0.3 is 14.9 Å². The topological polar surface area (TPSA) is 66.8 Å². The fraction of sp³-hybridized carbons (Fsp3) is 0.458. The summed E-state index contributed by atoms with van der Waals surface area (Å²) in [6, 6.07) is 5.98. The van der Waals surface area contributed by atoms with Gasteiger partial charge in [0.05, 0.1) is 17.0 Å². The first-order valence-electron chi connectivity index (χ1n) is 10.1. The third kappa shape index (κ3) is 5.43. The van der Waals surface area contributed by atoms with E-state index in [-0.39, 0.29) is 24.4 Å². The summed E-state index contributed by atoms with van der Waals surface area (Å²) in [5.74, 6) is 6.95. The molecule has 2 N–H and O–H groups in total. The van der Waals surface area contributed by atoms with Crippen LogP contribution >= 0.6 is 22.6 Å². The Hall–Kier alpha value is -1.78. The number of ether oxygens (including phenoxy) is 1. The fourth-order valence-electron chi connectivity index (χ4n) is 4.19. The molecule has 0 saturated heterocycles. The van der Waals surface area contributed by atoms with Crippen LogP contribution < -0.4 is 4.74 Å². The van der Waals surface area contributed by atoms with Gasteiger partial charge in [-0.25, -0.2) is 0 Å². The first-order chi connectivity index (χ1) is 14.0. The predicted molar refractivity (Wildman–Crippen MR) is 123 cm³/mol. The van der Waals surface area contributed by atoms with Gasteiger partial charge in [-0.3, -0.25) is 4.79 Å². The molecule has 5 heteroatoms. The molecule has 4 nitrogen and oxygen atoms in total. The summed E-state index contributed by atoms with van der Waals surface area (Å²) in [5, 5.41) is 19.4. The minimum absolute atomic E-state index is 0.0129. The molecule has 29 heavy (non-hydrogen) atoms. The van der Waals surface area contributed by atoms with E-state index in [0.717, 1.165) is 34.1 Å². The van der Waals surface area contributed by atoms with Crippen molar-refractivity contribution in [2.75, 3.05) is 4.43 Å². The van der Waals surface area contributed by atoms with Crippen LogP contribution in [0.3, 0.4) is 0 Å². The number of carbonyl (C=O) groups is 1. The van der Waals surface area contributed by atoms with Gasteiger partial charge in [-0.05, 0) is 12.3 Å². The lowest BCUT2D eigenvalue weighted by molar-refractivity contribution is -0.135. The van der Waals surface area contributed by atoms with Gasteiger partial charge >= 0.3 is 5.97 Å². The molecule has 1 saturated carbocycles. The van der Waals surface area contributed by atoms with Gasteiger partial charge in [0.1, 0.15) is 11.9 Å². The van der Waals surface area contributed by atoms with Gasteiger partial charge in [-0.15, -0.1) is 5.92 Å². The second kappa shape index (κ2) is 10.3. The number of alkyl halides is 1. The van der Waals surface area contributed by atoms with Crippen LogP contribution in [-0.2, 0) is 4.79 Å². The van der Waals surface area contributed by atoms with Crippen molar-refractivity contribution in [3.8, 4) is 17.6 Å². The number of benzene rings is 1. The molecular weight excluding hydrogens is 479 g/mol. The maximum atomic E-state index is 10.8. The number of carboxylic acids is 1. The summed E-state index contributed by atoms with van der Waals surface area (Å²) in [6.07, 6.45) is 9.80. The standard InChI is InChI=1S/C24H27IO4/c1-16(7-2-3-14-25)8-4-11-18-20(26)15-21-23(18)19-12-5-9-17(24(19)29-21)10-6-13-22(27)28/h4-6,9-12,16,18,20-21,23,26H,7-8,13-15H2,1H3,(H,27,28)/b10-6-,11-4+/t16-,18?,20+,21-,23-/m0/s1. The van der Waals surface area contributed by atoms with Crippen molar-refractivity contribution < 1.29 is 19.7 Å². The molecule has 0 bridgehead atoms. The van der Waals surface area contributed by atoms with Crippen LogP contribution in [-0.4, -0.2) is 32.8 Å². The highest BCUT2D eigenvalue weighted by Gasteiger charge is 2.48. The Bertz CT molecular complexity index is 848. The van der Waals surface area contributed by atoms with Gasteiger partial charge in [0.15, 0.2) is 0 Å². The van der Waals surface area contributed by atoms with Crippen molar-refractivity contribution in [3.05, 3.63) is 47.6 Å². The van der Waals surface area contributed by atoms with Crippen molar-refractivity contribution in [1.82, 2.24) is 0 Å². The monoisotopic (exact) mass is 506 g/mol. The Balaban J connectivity index is 1.72. The van der Waals surface area contributed by atoms with E-state index in [2.05, 4.69) is 59.6 Å². The van der Waals surface area contributed by atoms with Crippen molar-refractivity contribution in [3.63, 3.8) is 0 Å². The molecule has 1 aliphatic heterocycles. The van der Waals surface area contributed by atoms with E-state index < -0.39 is 12.1 Å². The summed E-state index contributed by atoms with van der Waals surface area (Å²) >= 11 is 2.26. The highest BCUT2D eigenvalue weighted by Crippen LogP contribution is 2.52. The summed E-state index contributed by atoms with van der Waals surface area (Å²) in [5.41, 5.74) is 2.01. The van der Waals surface area contributed by atoms with E-state index in [1.54, 1.807) is 6.08 Å². The number of aliphatic hydroxyl groups excluding tert-OH is 1. The summed E-state index contributed by atoms with van der Waals surface area (Å²) in [7, 11) is 0. The molecule has 1 unspecified atom stereocenters. The van der Waals surface area contributed by atoms with E-state index >= 15 is 0 Å². The lowest BCUT2D eigenvalue weighted by Crippen LogP contribution is -2.16. The van der Waals surface area contributed by atoms with Crippen LogP contribution in [0.15, 0.2) is 36.4 Å². The molecule has 5 atom stereocenters. The van der Waals surface area contributed by atoms with Crippen LogP contribution in [0, 0.1) is 23.7 Å². The van der Waals surface area contributed by atoms with E-state index in [9.17, 15) is 9.90 Å². The molecular formula is C24H27IO4. The minimum atomic E-state index is -0.852. The number of aliphatic hydroxyl groups is 1. The van der Waals surface area contributed by atoms with Crippen LogP contribution in [0.5, 0.6) is 5.75 Å². The molecule has 2 aliphatic rings. The average Bonchev–Trinajstić information content (AvgIpc) is 3.18. The number of aliphatic carboxylic acids is 1. The van der Waals surface area contributed by atoms with Crippen molar-refractivity contribution in [1.29, 1.82) is 0 Å². The summed E-state index contributed by atoms with van der Waals surface area (Å²) < 4.78 is 7.07. The van der Waals surface area contributed by atoms with E-state index in [1.165, 1.54) is 0 Å². The zero-order valence-corrected chi connectivity index (χ0v) is 18.7. The second-order valence-corrected chi connectivity index (χ2v) is 8.55. The summed E-state index contributed by atoms with van der Waals surface area (Å²) in [4.78, 5) is 10.8. The van der Waals surface area contributed by atoms with Crippen LogP contribution in [0.1, 0.15) is 49.7 Å². The van der Waals surface area contributed by atoms with E-state index in [4.69, 9.17) is 9.84 Å². The van der Waals surface area contributed by atoms with Crippen LogP contribution in [0.4, 0.5) is 0 Å². The molecule has 0 spiro atoms. The molecule has 1 heterocycles. The number of allylic oxidation sites excluding steroid dienone is 1. The van der Waals surface area contributed by atoms with Gasteiger partial charge in [0, 0.05) is 35.8 Å². The molecule has 1 aliphatic carbocycles. The maximum Gasteiger partial charge on any atom is 0.307 e. The number of carboxylic acid groups (broad SMARTS) is 1. The zero-order valence-electron chi connectivity index (χ0n) is 16.6. The van der Waals surface area contributed by atoms with Crippen molar-refractivity contribution in [2.24, 2.45) is 11.8 Å². The lowest BCUT2D eigenvalue weighted by Gasteiger charge is -2.17. The van der Waals surface area contributed by atoms with Crippen LogP contribution in [0.2, 0.25) is 0 Å². The van der Waals surface area contributed by atoms with Gasteiger partial charge in [0.2, 0.25) is 0 Å². The molecule has 0 aromatic heterocycles. The normalized spacial score (nSPS) is 26.0. The Morgan fingerprint density at radius 1 is 1.38 bits per heavy atom. The Morgan fingerprint density at radius 3 is 2.97 bits per heavy atom. The van der Waals surface area contributed by atoms with Gasteiger partial charge in [-0.2, -0.15) is 0 Å². The molecule has 1 fully saturated rings. The highest BCUT2D eigenvalue weighted by molar-refractivity contribution is 14.1. The third-order valence-corrected chi connectivity index (χ3v) is 5.95. The number of fused-ring (bicyclic) bond motifs is 3. The SMILES string of the molecule is C[C@@H](CC#CCI)C/C=C/C1[C@H](O)C[C@@H]2Oc3c(/C=C\CC(=O)O)cccc3[C@H]12. The zero-order chi connectivity index (χ0) is 20.8. The number of hydrogen-bond donors (Lipinski definition) is 2. The second-order valence-electron chi connectivity index (χ2n) is 7.79. The van der Waals surface area contributed by atoms with E-state index in [0.29, 0.717) is 12.3 Å². The van der Waals surface area contributed by atoms with Crippen molar-refractivity contribution in [2.45, 2.75) is 50.7 Å². The number of para-hydroxylation sites is 1. The molecule has 0 amide bonds. The Morgan fingerprint density at radius 2 is 2.21 bits per heavy atom. The van der Waals surface area contributed by atoms with Crippen molar-refractivity contribution >= 4 is 34.6 Å². The van der Waals surface area contributed by atoms with Gasteiger partial charge in [-0.1, -0.05) is 77.9 Å². The average molecular weight is 506 g/mol. The molecule has 154 valence electrons. The fourth-order valence-corrected chi connectivity index (χ4v) is 4.46. The minimum Gasteiger partial charge on any atom is -0.489 e. The highest BCUT2D eigenvalue weighted by atomic mass is 127. The first-order valence-corrected chi connectivity index (χ1v) is 11.6. The smallest absolute Gasteiger partial charge is 0.307 e. The Kier molecular flexibility index (Phi) is 7.79. The first kappa shape index (κ1) is 21.9.